The van der Waals surface area contributed by atoms with Crippen molar-refractivity contribution in [2.75, 3.05) is 5.43 Å². The maximum Gasteiger partial charge on any atom is 0.0874 e. The van der Waals surface area contributed by atoms with Gasteiger partial charge in [0.25, 0.3) is 0 Å². The zero-order chi connectivity index (χ0) is 15.9. The molecule has 0 radical (unpaired) electrons. The summed E-state index contributed by atoms with van der Waals surface area (Å²) in [6, 6.07) is 16.1. The van der Waals surface area contributed by atoms with Gasteiger partial charge >= 0.3 is 0 Å². The van der Waals surface area contributed by atoms with Gasteiger partial charge in [-0.2, -0.15) is 0 Å². The van der Waals surface area contributed by atoms with Gasteiger partial charge in [0.05, 0.1) is 11.4 Å². The van der Waals surface area contributed by atoms with Gasteiger partial charge in [0.2, 0.25) is 0 Å². The van der Waals surface area contributed by atoms with Crippen LogP contribution in [0.5, 0.6) is 0 Å². The van der Waals surface area contributed by atoms with E-state index in [4.69, 9.17) is 0 Å². The molecule has 0 bridgehead atoms. The van der Waals surface area contributed by atoms with E-state index in [2.05, 4.69) is 67.2 Å². The Hall–Kier alpha value is -2.36. The molecule has 0 atom stereocenters. The van der Waals surface area contributed by atoms with Gasteiger partial charge < -0.3 is 0 Å². The maximum atomic E-state index is 4.12. The number of hydrogen-bond acceptors (Lipinski definition) is 3. The van der Waals surface area contributed by atoms with Crippen LogP contribution in [-0.2, 0) is 0 Å². The highest BCUT2D eigenvalue weighted by Crippen LogP contribution is 2.31. The van der Waals surface area contributed by atoms with Crippen molar-refractivity contribution in [1.82, 2.24) is 5.53 Å². The van der Waals surface area contributed by atoms with Gasteiger partial charge in [-0.25, -0.2) is 5.53 Å². The van der Waals surface area contributed by atoms with E-state index in [1.54, 1.807) is 0 Å². The molecule has 0 spiro atoms. The number of para-hydroxylation sites is 1. The molecule has 0 saturated carbocycles. The predicted octanol–water partition coefficient (Wildman–Crippen LogP) is 5.55. The fraction of sp³-hybridized carbons (Fsp3) is 0.333. The third-order valence-corrected chi connectivity index (χ3v) is 3.53. The Labute approximate surface area is 132 Å². The fourth-order valence-corrected chi connectivity index (χ4v) is 2.35. The topological polar surface area (TPSA) is 48.8 Å². The van der Waals surface area contributed by atoms with Gasteiger partial charge in [0.1, 0.15) is 0 Å². The molecule has 116 valence electrons. The minimum absolute atomic E-state index is 0.439. The van der Waals surface area contributed by atoms with E-state index in [-0.39, 0.29) is 0 Å². The van der Waals surface area contributed by atoms with E-state index in [0.29, 0.717) is 11.8 Å². The molecule has 22 heavy (non-hydrogen) atoms. The monoisotopic (exact) mass is 296 g/mol. The molecule has 0 heterocycles. The largest absolute Gasteiger partial charge is 0.283 e. The standard InChI is InChI=1S/C18H24N4/c1-13(2)16-11-8-12-17(14(3)4)18(16)20-22-21-19-15-9-6-5-7-10-15/h5-14H,1-4H3,(H,19,22)(H,20,21). The molecule has 4 nitrogen and oxygen atoms in total. The van der Waals surface area contributed by atoms with Crippen molar-refractivity contribution in [2.45, 2.75) is 39.5 Å². The fourth-order valence-electron chi connectivity index (χ4n) is 2.35. The van der Waals surface area contributed by atoms with E-state index in [1.807, 2.05) is 30.3 Å². The predicted molar refractivity (Wildman–Crippen MR) is 92.3 cm³/mol. The second-order valence-electron chi connectivity index (χ2n) is 5.89. The lowest BCUT2D eigenvalue weighted by molar-refractivity contribution is 0.777. The van der Waals surface area contributed by atoms with E-state index >= 15 is 0 Å². The number of rotatable bonds is 6. The van der Waals surface area contributed by atoms with Crippen molar-refractivity contribution >= 4 is 11.4 Å². The quantitative estimate of drug-likeness (QED) is 0.542. The van der Waals surface area contributed by atoms with Crippen LogP contribution in [0.2, 0.25) is 0 Å². The van der Waals surface area contributed by atoms with Crippen molar-refractivity contribution in [2.24, 2.45) is 10.3 Å². The molecular formula is C18H24N4. The van der Waals surface area contributed by atoms with Crippen molar-refractivity contribution < 1.29 is 0 Å². The number of anilines is 1. The van der Waals surface area contributed by atoms with Gasteiger partial charge in [-0.05, 0) is 35.1 Å². The number of hydrogen-bond donors (Lipinski definition) is 2. The van der Waals surface area contributed by atoms with Gasteiger partial charge in [-0.3, -0.25) is 5.43 Å². The summed E-state index contributed by atoms with van der Waals surface area (Å²) in [7, 11) is 0. The van der Waals surface area contributed by atoms with Crippen LogP contribution in [0.1, 0.15) is 50.7 Å². The Bertz CT molecular complexity index is 592. The molecule has 2 aromatic carbocycles. The molecule has 4 heteroatoms. The highest BCUT2D eigenvalue weighted by atomic mass is 15.6. The van der Waals surface area contributed by atoms with E-state index in [1.165, 1.54) is 11.1 Å². The van der Waals surface area contributed by atoms with Crippen LogP contribution >= 0.6 is 0 Å². The molecule has 0 saturated heterocycles. The molecule has 0 fully saturated rings. The molecule has 0 unspecified atom stereocenters. The van der Waals surface area contributed by atoms with Crippen LogP contribution in [0.3, 0.4) is 0 Å². The van der Waals surface area contributed by atoms with Crippen molar-refractivity contribution in [3.63, 3.8) is 0 Å². The number of nitrogens with zero attached hydrogens (tertiary/aromatic N) is 2. The molecule has 0 aromatic heterocycles. The summed E-state index contributed by atoms with van der Waals surface area (Å²) in [4.78, 5) is 0. The van der Waals surface area contributed by atoms with Crippen LogP contribution in [0, 0.1) is 0 Å². The average molecular weight is 296 g/mol. The lowest BCUT2D eigenvalue weighted by Gasteiger charge is -2.19. The Morgan fingerprint density at radius 3 is 1.91 bits per heavy atom. The summed E-state index contributed by atoms with van der Waals surface area (Å²) in [6.07, 6.45) is 0. The summed E-state index contributed by atoms with van der Waals surface area (Å²) < 4.78 is 0. The normalized spacial score (nSPS) is 11.4. The second kappa shape index (κ2) is 7.59. The van der Waals surface area contributed by atoms with E-state index in [9.17, 15) is 0 Å². The van der Waals surface area contributed by atoms with Gasteiger partial charge in [-0.15, -0.1) is 5.11 Å². The lowest BCUT2D eigenvalue weighted by Crippen LogP contribution is -2.17. The summed E-state index contributed by atoms with van der Waals surface area (Å²) in [6.45, 7) is 8.76. The zero-order valence-corrected chi connectivity index (χ0v) is 13.7. The minimum atomic E-state index is 0.439. The van der Waals surface area contributed by atoms with Crippen molar-refractivity contribution in [3.8, 4) is 0 Å². The Balaban J connectivity index is 2.13. The Kier molecular flexibility index (Phi) is 5.53. The first-order chi connectivity index (χ1) is 10.6. The lowest BCUT2D eigenvalue weighted by atomic mass is 9.93. The first kappa shape index (κ1) is 16.0. The Morgan fingerprint density at radius 1 is 0.773 bits per heavy atom. The molecule has 0 aliphatic carbocycles. The summed E-state index contributed by atoms with van der Waals surface area (Å²) in [5.74, 6) is 0.878. The smallest absolute Gasteiger partial charge is 0.0874 e. The van der Waals surface area contributed by atoms with Gasteiger partial charge in [0, 0.05) is 0 Å². The molecule has 2 rings (SSSR count). The molecule has 0 aliphatic rings. The number of hydrazine groups is 1. The Morgan fingerprint density at radius 2 is 1.36 bits per heavy atom. The van der Waals surface area contributed by atoms with Crippen LogP contribution in [0.15, 0.2) is 58.9 Å². The van der Waals surface area contributed by atoms with Gasteiger partial charge in [-0.1, -0.05) is 69.3 Å². The van der Waals surface area contributed by atoms with E-state index in [0.717, 1.165) is 11.4 Å². The highest BCUT2D eigenvalue weighted by molar-refractivity contribution is 5.59. The highest BCUT2D eigenvalue weighted by Gasteiger charge is 2.13. The molecular weight excluding hydrogens is 272 g/mol. The molecule has 2 aromatic rings. The van der Waals surface area contributed by atoms with Crippen LogP contribution in [-0.4, -0.2) is 0 Å². The van der Waals surface area contributed by atoms with Gasteiger partial charge in [0.15, 0.2) is 0 Å². The maximum absolute atomic E-state index is 4.12. The van der Waals surface area contributed by atoms with E-state index < -0.39 is 0 Å². The summed E-state index contributed by atoms with van der Waals surface area (Å²) >= 11 is 0. The number of benzene rings is 2. The van der Waals surface area contributed by atoms with Crippen LogP contribution in [0.25, 0.3) is 0 Å². The first-order valence-corrected chi connectivity index (χ1v) is 7.69. The minimum Gasteiger partial charge on any atom is -0.283 e. The number of nitrogens with one attached hydrogen (secondary N) is 2. The molecule has 0 amide bonds. The van der Waals surface area contributed by atoms with Crippen LogP contribution < -0.4 is 11.0 Å². The zero-order valence-electron chi connectivity index (χ0n) is 13.7. The third kappa shape index (κ3) is 4.07. The summed E-state index contributed by atoms with van der Waals surface area (Å²) in [5, 5.41) is 8.12. The third-order valence-electron chi connectivity index (χ3n) is 3.53. The SMILES string of the molecule is CC(C)c1cccc(C(C)C)c1NNN=Nc1ccccc1. The van der Waals surface area contributed by atoms with Crippen LogP contribution in [0.4, 0.5) is 11.4 Å². The molecule has 0 aliphatic heterocycles. The van der Waals surface area contributed by atoms with Crippen molar-refractivity contribution in [1.29, 1.82) is 0 Å². The van der Waals surface area contributed by atoms with Crippen molar-refractivity contribution in [3.05, 3.63) is 59.7 Å². The molecule has 2 N–H and O–H groups in total. The first-order valence-electron chi connectivity index (χ1n) is 7.69. The average Bonchev–Trinajstić information content (AvgIpc) is 2.52. The summed E-state index contributed by atoms with van der Waals surface area (Å²) in [5.41, 5.74) is 10.5. The second-order valence-corrected chi connectivity index (χ2v) is 5.89.